The van der Waals surface area contributed by atoms with Gasteiger partial charge >= 0.3 is 0 Å². The second kappa shape index (κ2) is 10.7. The van der Waals surface area contributed by atoms with E-state index >= 15 is 0 Å². The smallest absolute Gasteiger partial charge is 0.253 e. The third kappa shape index (κ3) is 5.34. The van der Waals surface area contributed by atoms with Crippen LogP contribution >= 0.6 is 0 Å². The number of aromatic amines is 1. The van der Waals surface area contributed by atoms with Gasteiger partial charge in [-0.15, -0.1) is 0 Å². The van der Waals surface area contributed by atoms with Gasteiger partial charge in [0.1, 0.15) is 5.82 Å². The molecule has 39 heavy (non-hydrogen) atoms. The van der Waals surface area contributed by atoms with Gasteiger partial charge in [0.25, 0.3) is 11.5 Å². The van der Waals surface area contributed by atoms with Crippen LogP contribution in [0.25, 0.3) is 22.0 Å². The number of carbonyl (C=O) groups is 1. The molecule has 1 aliphatic heterocycles. The van der Waals surface area contributed by atoms with E-state index < -0.39 is 0 Å². The third-order valence-electron chi connectivity index (χ3n) is 7.75. The van der Waals surface area contributed by atoms with E-state index in [4.69, 9.17) is 4.98 Å². The summed E-state index contributed by atoms with van der Waals surface area (Å²) in [6, 6.07) is 10.4. The minimum atomic E-state index is -0.201. The molecule has 0 bridgehead atoms. The number of aryl methyl sites for hydroxylation is 3. The molecule has 1 fully saturated rings. The van der Waals surface area contributed by atoms with Gasteiger partial charge in [-0.25, -0.2) is 4.98 Å². The van der Waals surface area contributed by atoms with Crippen LogP contribution in [-0.2, 0) is 6.54 Å². The number of anilines is 1. The largest absolute Gasteiger partial charge is 0.354 e. The zero-order chi connectivity index (χ0) is 27.8. The van der Waals surface area contributed by atoms with Crippen LogP contribution in [0.1, 0.15) is 52.6 Å². The van der Waals surface area contributed by atoms with Crippen molar-refractivity contribution in [2.45, 2.75) is 47.2 Å². The molecule has 204 valence electrons. The number of carbonyl (C=O) groups excluding carboxylic acids is 1. The minimum absolute atomic E-state index is 0.164. The molecular formula is C31H38N6O2. The summed E-state index contributed by atoms with van der Waals surface area (Å²) in [6.45, 7) is 14.2. The van der Waals surface area contributed by atoms with Crippen LogP contribution in [0.3, 0.4) is 0 Å². The minimum Gasteiger partial charge on any atom is -0.354 e. The van der Waals surface area contributed by atoms with Gasteiger partial charge in [-0.05, 0) is 88.7 Å². The van der Waals surface area contributed by atoms with Crippen LogP contribution in [-0.4, -0.2) is 58.6 Å². The van der Waals surface area contributed by atoms with Gasteiger partial charge in [0.05, 0.1) is 0 Å². The Kier molecular flexibility index (Phi) is 7.32. The van der Waals surface area contributed by atoms with Crippen LogP contribution < -0.4 is 15.8 Å². The predicted octanol–water partition coefficient (Wildman–Crippen LogP) is 4.58. The van der Waals surface area contributed by atoms with Crippen LogP contribution in [0.5, 0.6) is 0 Å². The Morgan fingerprint density at radius 1 is 1.03 bits per heavy atom. The molecule has 0 unspecified atom stereocenters. The highest BCUT2D eigenvalue weighted by molar-refractivity contribution is 6.09. The summed E-state index contributed by atoms with van der Waals surface area (Å²) in [5, 5.41) is 3.95. The number of nitrogens with zero attached hydrogens (tertiary/aromatic N) is 4. The van der Waals surface area contributed by atoms with Crippen molar-refractivity contribution in [2.75, 3.05) is 38.1 Å². The van der Waals surface area contributed by atoms with Crippen molar-refractivity contribution in [2.24, 2.45) is 0 Å². The molecule has 0 radical (unpaired) electrons. The van der Waals surface area contributed by atoms with Gasteiger partial charge in [0.15, 0.2) is 0 Å². The van der Waals surface area contributed by atoms with Crippen LogP contribution in [0.2, 0.25) is 0 Å². The van der Waals surface area contributed by atoms with E-state index in [9.17, 15) is 9.59 Å². The fourth-order valence-corrected chi connectivity index (χ4v) is 5.51. The van der Waals surface area contributed by atoms with E-state index in [0.717, 1.165) is 70.8 Å². The maximum Gasteiger partial charge on any atom is 0.253 e. The first-order valence-corrected chi connectivity index (χ1v) is 13.6. The number of hydrogen-bond donors (Lipinski definition) is 2. The monoisotopic (exact) mass is 526 g/mol. The molecule has 1 amide bonds. The highest BCUT2D eigenvalue weighted by atomic mass is 16.1. The Morgan fingerprint density at radius 2 is 1.77 bits per heavy atom. The van der Waals surface area contributed by atoms with Crippen LogP contribution in [0.4, 0.5) is 5.82 Å². The Balaban J connectivity index is 1.51. The number of fused-ring (bicyclic) bond motifs is 1. The molecule has 4 aromatic rings. The Hall–Kier alpha value is -3.91. The zero-order valence-corrected chi connectivity index (χ0v) is 23.8. The standard InChI is InChI=1S/C31H38N6O2/c1-19(2)37-18-21(4)29-25(30(38)33-17-26-20(3)13-22(5)34-31(26)39)14-24(15-27(29)37)23-7-8-28(32-16-23)36-11-9-35(6)10-12-36/h7-8,13-16,18-19H,9-12,17H2,1-6H3,(H,33,38)(H,34,39). The normalized spacial score (nSPS) is 14.4. The number of benzene rings is 1. The molecule has 0 atom stereocenters. The lowest BCUT2D eigenvalue weighted by Crippen LogP contribution is -2.44. The van der Waals surface area contributed by atoms with Crippen molar-refractivity contribution in [1.82, 2.24) is 24.8 Å². The second-order valence-electron chi connectivity index (χ2n) is 11.1. The average Bonchev–Trinajstić information content (AvgIpc) is 3.24. The van der Waals surface area contributed by atoms with Crippen molar-refractivity contribution in [3.63, 3.8) is 0 Å². The molecular weight excluding hydrogens is 488 g/mol. The van der Waals surface area contributed by atoms with E-state index in [-0.39, 0.29) is 24.1 Å². The van der Waals surface area contributed by atoms with Gasteiger partial charge in [-0.1, -0.05) is 0 Å². The maximum atomic E-state index is 13.7. The summed E-state index contributed by atoms with van der Waals surface area (Å²) in [7, 11) is 2.15. The van der Waals surface area contributed by atoms with Gasteiger partial charge in [-0.2, -0.15) is 0 Å². The van der Waals surface area contributed by atoms with Gasteiger partial charge < -0.3 is 24.7 Å². The Morgan fingerprint density at radius 3 is 2.41 bits per heavy atom. The van der Waals surface area contributed by atoms with Gasteiger partial charge in [0, 0.05) is 84.4 Å². The molecule has 1 aromatic carbocycles. The molecule has 1 saturated heterocycles. The molecule has 8 nitrogen and oxygen atoms in total. The van der Waals surface area contributed by atoms with Crippen LogP contribution in [0, 0.1) is 20.8 Å². The highest BCUT2D eigenvalue weighted by Gasteiger charge is 2.20. The molecule has 1 aliphatic rings. The first kappa shape index (κ1) is 26.7. The zero-order valence-electron chi connectivity index (χ0n) is 23.8. The first-order valence-electron chi connectivity index (χ1n) is 13.6. The Bertz CT molecular complexity index is 1570. The Labute approximate surface area is 229 Å². The summed E-state index contributed by atoms with van der Waals surface area (Å²) >= 11 is 0. The fourth-order valence-electron chi connectivity index (χ4n) is 5.51. The summed E-state index contributed by atoms with van der Waals surface area (Å²) in [6.07, 6.45) is 4.01. The maximum absolute atomic E-state index is 13.7. The molecule has 0 saturated carbocycles. The molecule has 3 aromatic heterocycles. The molecule has 2 N–H and O–H groups in total. The molecule has 0 aliphatic carbocycles. The topological polar surface area (TPSA) is 86.3 Å². The lowest BCUT2D eigenvalue weighted by atomic mass is 9.98. The predicted molar refractivity (Wildman–Crippen MR) is 158 cm³/mol. The number of aromatic nitrogens is 3. The van der Waals surface area contributed by atoms with E-state index in [1.807, 2.05) is 39.1 Å². The number of H-pyrrole nitrogens is 1. The van der Waals surface area contributed by atoms with Crippen molar-refractivity contribution in [1.29, 1.82) is 0 Å². The number of pyridine rings is 2. The van der Waals surface area contributed by atoms with Gasteiger partial charge in [0.2, 0.25) is 0 Å². The highest BCUT2D eigenvalue weighted by Crippen LogP contribution is 2.33. The quantitative estimate of drug-likeness (QED) is 0.384. The van der Waals surface area contributed by atoms with Gasteiger partial charge in [-0.3, -0.25) is 9.59 Å². The summed E-state index contributed by atoms with van der Waals surface area (Å²) in [5.41, 5.74) is 6.63. The number of likely N-dealkylation sites (N-methyl/N-ethyl adjacent to an activating group) is 1. The number of piperazine rings is 1. The third-order valence-corrected chi connectivity index (χ3v) is 7.75. The van der Waals surface area contributed by atoms with Crippen molar-refractivity contribution >= 4 is 22.6 Å². The SMILES string of the molecule is Cc1cc(C)c(CNC(=O)c2cc(-c3ccc(N4CCN(C)CC4)nc3)cc3c2c(C)cn3C(C)C)c(=O)[nH]1. The van der Waals surface area contributed by atoms with Crippen molar-refractivity contribution in [3.05, 3.63) is 81.0 Å². The van der Waals surface area contributed by atoms with Crippen molar-refractivity contribution < 1.29 is 4.79 Å². The van der Waals surface area contributed by atoms with Crippen molar-refractivity contribution in [3.8, 4) is 11.1 Å². The number of hydrogen-bond acceptors (Lipinski definition) is 5. The summed E-state index contributed by atoms with van der Waals surface area (Å²) in [5.74, 6) is 0.777. The molecule has 5 rings (SSSR count). The second-order valence-corrected chi connectivity index (χ2v) is 11.1. The molecule has 4 heterocycles. The van der Waals surface area contributed by atoms with E-state index in [1.54, 1.807) is 0 Å². The van der Waals surface area contributed by atoms with E-state index in [0.29, 0.717) is 11.1 Å². The summed E-state index contributed by atoms with van der Waals surface area (Å²) in [4.78, 5) is 38.5. The van der Waals surface area contributed by atoms with E-state index in [1.165, 1.54) is 0 Å². The van der Waals surface area contributed by atoms with E-state index in [2.05, 4.69) is 70.0 Å². The number of nitrogens with one attached hydrogen (secondary N) is 2. The fraction of sp³-hybridized carbons (Fsp3) is 0.387. The van der Waals surface area contributed by atoms with Crippen LogP contribution in [0.15, 0.2) is 47.5 Å². The number of rotatable bonds is 6. The average molecular weight is 527 g/mol. The summed E-state index contributed by atoms with van der Waals surface area (Å²) < 4.78 is 2.21. The first-order chi connectivity index (χ1) is 18.6. The number of amides is 1. The molecule has 0 spiro atoms. The lowest BCUT2D eigenvalue weighted by molar-refractivity contribution is 0.0952. The lowest BCUT2D eigenvalue weighted by Gasteiger charge is -2.33. The molecule has 8 heteroatoms.